The molecule has 3 amide bonds. The normalized spacial score (nSPS) is 20.8. The lowest BCUT2D eigenvalue weighted by Gasteiger charge is -2.38. The number of piperazine rings is 1. The molecule has 0 saturated carbocycles. The van der Waals surface area contributed by atoms with Crippen LogP contribution in [-0.4, -0.2) is 85.8 Å². The predicted octanol–water partition coefficient (Wildman–Crippen LogP) is 2.60. The van der Waals surface area contributed by atoms with Gasteiger partial charge in [-0.15, -0.1) is 0 Å². The lowest BCUT2D eigenvalue weighted by molar-refractivity contribution is -0.143. The first-order chi connectivity index (χ1) is 16.7. The number of amides is 3. The van der Waals surface area contributed by atoms with Gasteiger partial charge in [-0.2, -0.15) is 0 Å². The van der Waals surface area contributed by atoms with E-state index in [2.05, 4.69) is 24.0 Å². The summed E-state index contributed by atoms with van der Waals surface area (Å²) in [7, 11) is 3.83. The molecule has 0 radical (unpaired) electrons. The molecule has 0 aliphatic carbocycles. The lowest BCUT2D eigenvalue weighted by Crippen LogP contribution is -2.51. The Morgan fingerprint density at radius 2 is 1.54 bits per heavy atom. The Kier molecular flexibility index (Phi) is 7.26. The van der Waals surface area contributed by atoms with E-state index in [1.165, 1.54) is 16.2 Å². The molecule has 1 unspecified atom stereocenters. The zero-order valence-corrected chi connectivity index (χ0v) is 21.3. The molecule has 2 fully saturated rings. The maximum Gasteiger partial charge on any atom is 0.240 e. The van der Waals surface area contributed by atoms with Crippen LogP contribution in [0.15, 0.2) is 48.5 Å². The molecule has 2 aliphatic rings. The Labute approximate surface area is 208 Å². The second-order valence-electron chi connectivity index (χ2n) is 10.1. The van der Waals surface area contributed by atoms with E-state index in [1.807, 2.05) is 67.2 Å². The van der Waals surface area contributed by atoms with Crippen molar-refractivity contribution in [1.82, 2.24) is 14.7 Å². The number of imide groups is 1. The van der Waals surface area contributed by atoms with Gasteiger partial charge < -0.3 is 14.7 Å². The van der Waals surface area contributed by atoms with Crippen molar-refractivity contribution in [2.45, 2.75) is 32.1 Å². The molecule has 2 aromatic carbocycles. The monoisotopic (exact) mass is 476 g/mol. The summed E-state index contributed by atoms with van der Waals surface area (Å²) >= 11 is 0. The molecule has 4 rings (SSSR count). The Morgan fingerprint density at radius 3 is 2.17 bits per heavy atom. The number of carbonyl (C=O) groups excluding carboxylic acids is 3. The standard InChI is InChI=1S/C28H36N4O3/c1-21-9-5-7-11-23(21)28(20-26(34)32(27(28)35)18-13-29(3)4)19-25(33)31-16-14-30(15-17-31)24-12-8-6-10-22(24)2/h5-12H,13-20H2,1-4H3. The average molecular weight is 477 g/mol. The molecule has 7 nitrogen and oxygen atoms in total. The fourth-order valence-corrected chi connectivity index (χ4v) is 5.37. The summed E-state index contributed by atoms with van der Waals surface area (Å²) in [4.78, 5) is 47.9. The number of anilines is 1. The minimum atomic E-state index is -1.14. The van der Waals surface area contributed by atoms with Gasteiger partial charge >= 0.3 is 0 Å². The molecule has 2 saturated heterocycles. The second-order valence-corrected chi connectivity index (χ2v) is 10.1. The molecule has 0 bridgehead atoms. The van der Waals surface area contributed by atoms with E-state index < -0.39 is 5.41 Å². The maximum atomic E-state index is 13.8. The van der Waals surface area contributed by atoms with Crippen molar-refractivity contribution in [3.63, 3.8) is 0 Å². The number of carbonyl (C=O) groups is 3. The third-order valence-corrected chi connectivity index (χ3v) is 7.38. The molecule has 7 heteroatoms. The number of aryl methyl sites for hydroxylation is 2. The van der Waals surface area contributed by atoms with Gasteiger partial charge in [0.1, 0.15) is 0 Å². The molecule has 0 spiro atoms. The molecule has 2 aromatic rings. The van der Waals surface area contributed by atoms with Crippen LogP contribution in [0.25, 0.3) is 0 Å². The molecule has 1 atom stereocenters. The van der Waals surface area contributed by atoms with Crippen molar-refractivity contribution in [3.05, 3.63) is 65.2 Å². The number of para-hydroxylation sites is 1. The predicted molar refractivity (Wildman–Crippen MR) is 137 cm³/mol. The smallest absolute Gasteiger partial charge is 0.240 e. The molecule has 2 heterocycles. The Morgan fingerprint density at radius 1 is 0.914 bits per heavy atom. The highest BCUT2D eigenvalue weighted by molar-refractivity contribution is 6.11. The highest BCUT2D eigenvalue weighted by Crippen LogP contribution is 2.41. The van der Waals surface area contributed by atoms with Crippen LogP contribution in [0.4, 0.5) is 5.69 Å². The first-order valence-electron chi connectivity index (χ1n) is 12.4. The van der Waals surface area contributed by atoms with E-state index >= 15 is 0 Å². The van der Waals surface area contributed by atoms with Crippen LogP contribution in [0.3, 0.4) is 0 Å². The third-order valence-electron chi connectivity index (χ3n) is 7.38. The fraction of sp³-hybridized carbons (Fsp3) is 0.464. The van der Waals surface area contributed by atoms with Gasteiger partial charge in [-0.3, -0.25) is 19.3 Å². The molecule has 0 aromatic heterocycles. The molecule has 35 heavy (non-hydrogen) atoms. The van der Waals surface area contributed by atoms with Crippen molar-refractivity contribution in [2.24, 2.45) is 0 Å². The number of likely N-dealkylation sites (N-methyl/N-ethyl adjacent to an activating group) is 1. The summed E-state index contributed by atoms with van der Waals surface area (Å²) in [5.41, 5.74) is 3.00. The number of rotatable bonds is 7. The third kappa shape index (κ3) is 4.96. The fourth-order valence-electron chi connectivity index (χ4n) is 5.37. The molecule has 186 valence electrons. The van der Waals surface area contributed by atoms with Crippen LogP contribution in [-0.2, 0) is 19.8 Å². The van der Waals surface area contributed by atoms with Crippen molar-refractivity contribution in [1.29, 1.82) is 0 Å². The van der Waals surface area contributed by atoms with Gasteiger partial charge in [0, 0.05) is 57.8 Å². The maximum absolute atomic E-state index is 13.8. The Bertz CT molecular complexity index is 1110. The molecular formula is C28H36N4O3. The van der Waals surface area contributed by atoms with Crippen LogP contribution in [0.1, 0.15) is 29.5 Å². The highest BCUT2D eigenvalue weighted by Gasteiger charge is 2.54. The van der Waals surface area contributed by atoms with Gasteiger partial charge in [-0.05, 0) is 50.7 Å². The second kappa shape index (κ2) is 10.2. The summed E-state index contributed by atoms with van der Waals surface area (Å²) in [6, 6.07) is 15.9. The van der Waals surface area contributed by atoms with E-state index in [1.54, 1.807) is 0 Å². The minimum absolute atomic E-state index is 0.0191. The van der Waals surface area contributed by atoms with Gasteiger partial charge in [0.15, 0.2) is 0 Å². The molecule has 0 N–H and O–H groups in total. The lowest BCUT2D eigenvalue weighted by atomic mass is 9.74. The van der Waals surface area contributed by atoms with Crippen LogP contribution < -0.4 is 4.90 Å². The SMILES string of the molecule is Cc1ccccc1N1CCN(C(=O)CC2(c3ccccc3C)CC(=O)N(CCN(C)C)C2=O)CC1. The summed E-state index contributed by atoms with van der Waals surface area (Å²) in [6.45, 7) is 7.67. The topological polar surface area (TPSA) is 64.2 Å². The van der Waals surface area contributed by atoms with Crippen molar-refractivity contribution >= 4 is 23.4 Å². The van der Waals surface area contributed by atoms with Gasteiger partial charge in [0.2, 0.25) is 17.7 Å². The number of hydrogen-bond donors (Lipinski definition) is 0. The van der Waals surface area contributed by atoms with Gasteiger partial charge in [-0.1, -0.05) is 42.5 Å². The van der Waals surface area contributed by atoms with Crippen molar-refractivity contribution in [3.8, 4) is 0 Å². The zero-order valence-electron chi connectivity index (χ0n) is 21.3. The molecular weight excluding hydrogens is 440 g/mol. The summed E-state index contributed by atoms with van der Waals surface area (Å²) in [6.07, 6.45) is 0.0598. The van der Waals surface area contributed by atoms with Crippen molar-refractivity contribution < 1.29 is 14.4 Å². The van der Waals surface area contributed by atoms with Crippen LogP contribution in [0, 0.1) is 13.8 Å². The summed E-state index contributed by atoms with van der Waals surface area (Å²) in [5, 5.41) is 0. The Balaban J connectivity index is 1.54. The number of benzene rings is 2. The van der Waals surface area contributed by atoms with Gasteiger partial charge in [0.05, 0.1) is 5.41 Å². The van der Waals surface area contributed by atoms with Crippen LogP contribution in [0.5, 0.6) is 0 Å². The quantitative estimate of drug-likeness (QED) is 0.575. The van der Waals surface area contributed by atoms with E-state index in [-0.39, 0.29) is 30.6 Å². The number of hydrogen-bond acceptors (Lipinski definition) is 5. The first-order valence-corrected chi connectivity index (χ1v) is 12.4. The van der Waals surface area contributed by atoms with Crippen LogP contribution >= 0.6 is 0 Å². The number of nitrogens with zero attached hydrogens (tertiary/aromatic N) is 4. The zero-order chi connectivity index (χ0) is 25.2. The first kappa shape index (κ1) is 24.9. The average Bonchev–Trinajstić information content (AvgIpc) is 3.07. The molecule has 2 aliphatic heterocycles. The minimum Gasteiger partial charge on any atom is -0.368 e. The number of likely N-dealkylation sites (tertiary alicyclic amines) is 1. The summed E-state index contributed by atoms with van der Waals surface area (Å²) < 4.78 is 0. The summed E-state index contributed by atoms with van der Waals surface area (Å²) in [5.74, 6) is -0.504. The van der Waals surface area contributed by atoms with E-state index in [0.717, 1.165) is 24.2 Å². The van der Waals surface area contributed by atoms with E-state index in [0.29, 0.717) is 26.2 Å². The van der Waals surface area contributed by atoms with Gasteiger partial charge in [0.25, 0.3) is 0 Å². The highest BCUT2D eigenvalue weighted by atomic mass is 16.2. The van der Waals surface area contributed by atoms with E-state index in [9.17, 15) is 14.4 Å². The van der Waals surface area contributed by atoms with Gasteiger partial charge in [-0.25, -0.2) is 0 Å². The Hall–Kier alpha value is -3.19. The van der Waals surface area contributed by atoms with Crippen molar-refractivity contribution in [2.75, 3.05) is 58.3 Å². The largest absolute Gasteiger partial charge is 0.368 e. The van der Waals surface area contributed by atoms with E-state index in [4.69, 9.17) is 0 Å². The van der Waals surface area contributed by atoms with Crippen LogP contribution in [0.2, 0.25) is 0 Å².